The van der Waals surface area contributed by atoms with Crippen molar-refractivity contribution in [3.05, 3.63) is 50.6 Å². The van der Waals surface area contributed by atoms with Crippen LogP contribution in [0.25, 0.3) is 0 Å². The van der Waals surface area contributed by atoms with Crippen LogP contribution < -0.4 is 5.32 Å². The standard InChI is InChI=1S/C14H13BrN2O3S/c1-17(8-10-3-2-6-21-10)14(20)16-9-4-5-12(15)11(7-9)13(18)19/h2-7H,8H2,1H3,(H,16,20)(H,18,19). The number of carboxylic acid groups (broad SMARTS) is 1. The number of nitrogens with zero attached hydrogens (tertiary/aromatic N) is 1. The van der Waals surface area contributed by atoms with Gasteiger partial charge in [-0.1, -0.05) is 6.07 Å². The minimum absolute atomic E-state index is 0.105. The maximum Gasteiger partial charge on any atom is 0.336 e. The number of rotatable bonds is 4. The van der Waals surface area contributed by atoms with Crippen LogP contribution in [0.1, 0.15) is 15.2 Å². The fraction of sp³-hybridized carbons (Fsp3) is 0.143. The zero-order valence-electron chi connectivity index (χ0n) is 11.2. The van der Waals surface area contributed by atoms with Gasteiger partial charge in [-0.15, -0.1) is 11.3 Å². The second kappa shape index (κ2) is 6.73. The van der Waals surface area contributed by atoms with Crippen LogP contribution >= 0.6 is 27.3 Å². The fourth-order valence-corrected chi connectivity index (χ4v) is 2.87. The highest BCUT2D eigenvalue weighted by molar-refractivity contribution is 9.10. The van der Waals surface area contributed by atoms with Crippen molar-refractivity contribution in [2.45, 2.75) is 6.54 Å². The summed E-state index contributed by atoms with van der Waals surface area (Å²) in [6.07, 6.45) is 0. The second-order valence-corrected chi connectivity index (χ2v) is 6.25. The van der Waals surface area contributed by atoms with Gasteiger partial charge in [-0.3, -0.25) is 0 Å². The lowest BCUT2D eigenvalue weighted by Crippen LogP contribution is -2.30. The van der Waals surface area contributed by atoms with E-state index in [1.165, 1.54) is 11.0 Å². The molecular weight excluding hydrogens is 356 g/mol. The smallest absolute Gasteiger partial charge is 0.336 e. The Bertz CT molecular complexity index is 658. The molecule has 0 aliphatic carbocycles. The zero-order chi connectivity index (χ0) is 15.4. The summed E-state index contributed by atoms with van der Waals surface area (Å²) in [6.45, 7) is 0.506. The Balaban J connectivity index is 2.05. The van der Waals surface area contributed by atoms with Crippen LogP contribution in [0.3, 0.4) is 0 Å². The third-order valence-electron chi connectivity index (χ3n) is 2.77. The molecular formula is C14H13BrN2O3S. The Morgan fingerprint density at radius 3 is 2.76 bits per heavy atom. The molecule has 0 saturated carbocycles. The minimum atomic E-state index is -1.05. The fourth-order valence-electron chi connectivity index (χ4n) is 1.69. The van der Waals surface area contributed by atoms with E-state index in [1.807, 2.05) is 17.5 Å². The van der Waals surface area contributed by atoms with E-state index in [4.69, 9.17) is 5.11 Å². The van der Waals surface area contributed by atoms with Crippen LogP contribution in [0.5, 0.6) is 0 Å². The number of carboxylic acids is 1. The van der Waals surface area contributed by atoms with E-state index in [1.54, 1.807) is 30.5 Å². The van der Waals surface area contributed by atoms with Crippen molar-refractivity contribution in [2.24, 2.45) is 0 Å². The number of aromatic carboxylic acids is 1. The number of carbonyl (C=O) groups is 2. The molecule has 110 valence electrons. The Kier molecular flexibility index (Phi) is 4.98. The van der Waals surface area contributed by atoms with E-state index >= 15 is 0 Å². The molecule has 0 aliphatic rings. The average Bonchev–Trinajstić information content (AvgIpc) is 2.93. The quantitative estimate of drug-likeness (QED) is 0.860. The number of nitrogens with one attached hydrogen (secondary N) is 1. The van der Waals surface area contributed by atoms with Gasteiger partial charge in [0.15, 0.2) is 0 Å². The number of amides is 2. The molecule has 0 atom stereocenters. The normalized spacial score (nSPS) is 10.2. The second-order valence-electron chi connectivity index (χ2n) is 4.37. The van der Waals surface area contributed by atoms with Crippen LogP contribution in [-0.2, 0) is 6.54 Å². The predicted octanol–water partition coefficient (Wildman–Crippen LogP) is 3.87. The maximum absolute atomic E-state index is 12.1. The topological polar surface area (TPSA) is 69.6 Å². The number of anilines is 1. The van der Waals surface area contributed by atoms with Crippen molar-refractivity contribution in [3.63, 3.8) is 0 Å². The summed E-state index contributed by atoms with van der Waals surface area (Å²) < 4.78 is 0.472. The lowest BCUT2D eigenvalue weighted by Gasteiger charge is -2.17. The number of carbonyl (C=O) groups excluding carboxylic acids is 1. The average molecular weight is 369 g/mol. The Hall–Kier alpha value is -1.86. The number of hydrogen-bond donors (Lipinski definition) is 2. The molecule has 0 saturated heterocycles. The van der Waals surface area contributed by atoms with Crippen molar-refractivity contribution in [2.75, 3.05) is 12.4 Å². The molecule has 21 heavy (non-hydrogen) atoms. The molecule has 5 nitrogen and oxygen atoms in total. The van der Waals surface area contributed by atoms with Gasteiger partial charge in [0.25, 0.3) is 0 Å². The van der Waals surface area contributed by atoms with Gasteiger partial charge in [0.2, 0.25) is 0 Å². The van der Waals surface area contributed by atoms with Crippen molar-refractivity contribution < 1.29 is 14.7 Å². The summed E-state index contributed by atoms with van der Waals surface area (Å²) >= 11 is 4.74. The number of urea groups is 1. The van der Waals surface area contributed by atoms with E-state index in [9.17, 15) is 9.59 Å². The summed E-state index contributed by atoms with van der Waals surface area (Å²) in [5, 5.41) is 13.7. The summed E-state index contributed by atoms with van der Waals surface area (Å²) in [4.78, 5) is 25.7. The van der Waals surface area contributed by atoms with Gasteiger partial charge in [-0.25, -0.2) is 9.59 Å². The van der Waals surface area contributed by atoms with Gasteiger partial charge in [0.1, 0.15) is 0 Å². The first-order valence-electron chi connectivity index (χ1n) is 6.04. The van der Waals surface area contributed by atoms with Crippen LogP contribution in [0.15, 0.2) is 40.2 Å². The van der Waals surface area contributed by atoms with E-state index in [0.29, 0.717) is 16.7 Å². The summed E-state index contributed by atoms with van der Waals surface area (Å²) in [6, 6.07) is 8.26. The number of halogens is 1. The number of thiophene rings is 1. The van der Waals surface area contributed by atoms with Crippen molar-refractivity contribution in [1.29, 1.82) is 0 Å². The van der Waals surface area contributed by atoms with E-state index < -0.39 is 5.97 Å². The summed E-state index contributed by atoms with van der Waals surface area (Å²) in [5.74, 6) is -1.05. The van der Waals surface area contributed by atoms with E-state index in [-0.39, 0.29) is 11.6 Å². The molecule has 2 N–H and O–H groups in total. The molecule has 2 amide bonds. The SMILES string of the molecule is CN(Cc1cccs1)C(=O)Nc1ccc(Br)c(C(=O)O)c1. The largest absolute Gasteiger partial charge is 0.478 e. The lowest BCUT2D eigenvalue weighted by molar-refractivity contribution is 0.0696. The van der Waals surface area contributed by atoms with Crippen molar-refractivity contribution in [1.82, 2.24) is 4.90 Å². The van der Waals surface area contributed by atoms with Crippen LogP contribution in [0, 0.1) is 0 Å². The van der Waals surface area contributed by atoms with Gasteiger partial charge in [-0.2, -0.15) is 0 Å². The molecule has 1 aromatic heterocycles. The van der Waals surface area contributed by atoms with Gasteiger partial charge >= 0.3 is 12.0 Å². The molecule has 0 radical (unpaired) electrons. The first-order valence-corrected chi connectivity index (χ1v) is 7.72. The number of hydrogen-bond acceptors (Lipinski definition) is 3. The minimum Gasteiger partial charge on any atom is -0.478 e. The Morgan fingerprint density at radius 1 is 1.38 bits per heavy atom. The van der Waals surface area contributed by atoms with Crippen LogP contribution in [0.4, 0.5) is 10.5 Å². The molecule has 0 unspecified atom stereocenters. The van der Waals surface area contributed by atoms with Crippen LogP contribution in [0.2, 0.25) is 0 Å². The van der Waals surface area contributed by atoms with E-state index in [2.05, 4.69) is 21.2 Å². The van der Waals surface area contributed by atoms with E-state index in [0.717, 1.165) is 4.88 Å². The molecule has 0 spiro atoms. The Morgan fingerprint density at radius 2 is 2.14 bits per heavy atom. The van der Waals surface area contributed by atoms with Gasteiger partial charge in [-0.05, 0) is 45.6 Å². The monoisotopic (exact) mass is 368 g/mol. The first kappa shape index (κ1) is 15.5. The molecule has 2 rings (SSSR count). The van der Waals surface area contributed by atoms with Crippen molar-refractivity contribution >= 4 is 45.0 Å². The van der Waals surface area contributed by atoms with Gasteiger partial charge in [0, 0.05) is 22.1 Å². The molecule has 1 heterocycles. The Labute approximate surface area is 134 Å². The van der Waals surface area contributed by atoms with Gasteiger partial charge < -0.3 is 15.3 Å². The lowest BCUT2D eigenvalue weighted by atomic mass is 10.2. The molecule has 1 aromatic carbocycles. The summed E-state index contributed by atoms with van der Waals surface area (Å²) in [5.41, 5.74) is 0.548. The predicted molar refractivity (Wildman–Crippen MR) is 85.9 cm³/mol. The highest BCUT2D eigenvalue weighted by Crippen LogP contribution is 2.21. The first-order chi connectivity index (χ1) is 9.97. The molecule has 7 heteroatoms. The maximum atomic E-state index is 12.1. The zero-order valence-corrected chi connectivity index (χ0v) is 13.6. The molecule has 0 bridgehead atoms. The molecule has 2 aromatic rings. The molecule has 0 fully saturated rings. The molecule has 0 aliphatic heterocycles. The summed E-state index contributed by atoms with van der Waals surface area (Å²) in [7, 11) is 1.69. The third-order valence-corrected chi connectivity index (χ3v) is 4.32. The van der Waals surface area contributed by atoms with Crippen LogP contribution in [-0.4, -0.2) is 29.1 Å². The highest BCUT2D eigenvalue weighted by atomic mass is 79.9. The third kappa shape index (κ3) is 4.05. The van der Waals surface area contributed by atoms with Gasteiger partial charge in [0.05, 0.1) is 12.1 Å². The number of benzene rings is 1. The highest BCUT2D eigenvalue weighted by Gasteiger charge is 2.13. The van der Waals surface area contributed by atoms with Crippen molar-refractivity contribution in [3.8, 4) is 0 Å².